The summed E-state index contributed by atoms with van der Waals surface area (Å²) in [4.78, 5) is 7.21. The van der Waals surface area contributed by atoms with Gasteiger partial charge in [-0.15, -0.1) is 0 Å². The van der Waals surface area contributed by atoms with Crippen molar-refractivity contribution in [3.05, 3.63) is 54.5 Å². The predicted octanol–water partition coefficient (Wildman–Crippen LogP) is 4.11. The van der Waals surface area contributed by atoms with E-state index in [0.717, 1.165) is 62.8 Å². The highest BCUT2D eigenvalue weighted by molar-refractivity contribution is 5.80. The third kappa shape index (κ3) is 6.05. The number of nitrogens with one attached hydrogen (secondary N) is 1. The Hall–Kier alpha value is -2.43. The van der Waals surface area contributed by atoms with Gasteiger partial charge in [0.25, 0.3) is 0 Å². The molecular weight excluding hydrogens is 338 g/mol. The lowest BCUT2D eigenvalue weighted by Crippen LogP contribution is -2.49. The summed E-state index contributed by atoms with van der Waals surface area (Å²) in [6.07, 6.45) is 5.91. The molecule has 146 valence electrons. The zero-order chi connectivity index (χ0) is 18.9. The number of likely N-dealkylation sites (tertiary alicyclic amines) is 1. The fourth-order valence-electron chi connectivity index (χ4n) is 3.16. The fraction of sp³-hybridized carbons (Fsp3) is 0.500. The molecule has 0 spiro atoms. The number of ether oxygens (including phenoxy) is 1. The Labute approximate surface area is 162 Å². The van der Waals surface area contributed by atoms with Gasteiger partial charge in [-0.05, 0) is 37.6 Å². The molecule has 2 heterocycles. The van der Waals surface area contributed by atoms with Crippen molar-refractivity contribution in [2.24, 2.45) is 4.99 Å². The summed E-state index contributed by atoms with van der Waals surface area (Å²) >= 11 is 0. The molecule has 5 heteroatoms. The van der Waals surface area contributed by atoms with Crippen LogP contribution in [0, 0.1) is 0 Å². The van der Waals surface area contributed by atoms with Crippen LogP contribution in [0.4, 0.5) is 0 Å². The molecule has 1 N–H and O–H groups in total. The van der Waals surface area contributed by atoms with Crippen molar-refractivity contribution in [3.63, 3.8) is 0 Å². The first-order chi connectivity index (χ1) is 13.2. The molecule has 2 aromatic rings. The number of guanidine groups is 1. The number of nitrogens with zero attached hydrogens (tertiary/aromatic N) is 2. The van der Waals surface area contributed by atoms with Gasteiger partial charge in [0.15, 0.2) is 5.96 Å². The maximum absolute atomic E-state index is 6.12. The van der Waals surface area contributed by atoms with E-state index < -0.39 is 0 Å². The Kier molecular flexibility index (Phi) is 7.19. The Bertz CT molecular complexity index is 677. The maximum atomic E-state index is 6.12. The van der Waals surface area contributed by atoms with Crippen LogP contribution in [0.1, 0.15) is 38.9 Å². The van der Waals surface area contributed by atoms with Crippen molar-refractivity contribution in [2.75, 3.05) is 19.6 Å². The summed E-state index contributed by atoms with van der Waals surface area (Å²) in [5.74, 6) is 2.95. The standard InChI is InChI=1S/C22H31N3O2/c1-3-18(2)24-22(23-14-11-19-10-7-17-26-19)25-15-12-21(13-16-25)27-20-8-5-4-6-9-20/h4-10,17-18,21H,3,11-16H2,1-2H3,(H,23,24). The molecule has 0 radical (unpaired) electrons. The van der Waals surface area contributed by atoms with Crippen LogP contribution in [-0.2, 0) is 6.42 Å². The van der Waals surface area contributed by atoms with Crippen molar-refractivity contribution in [3.8, 4) is 5.75 Å². The van der Waals surface area contributed by atoms with Crippen molar-refractivity contribution in [1.29, 1.82) is 0 Å². The topological polar surface area (TPSA) is 50.0 Å². The highest BCUT2D eigenvalue weighted by atomic mass is 16.5. The summed E-state index contributed by atoms with van der Waals surface area (Å²) in [5, 5.41) is 3.59. The molecule has 1 fully saturated rings. The van der Waals surface area contributed by atoms with Gasteiger partial charge in [-0.3, -0.25) is 4.99 Å². The molecule has 0 aliphatic carbocycles. The van der Waals surface area contributed by atoms with Gasteiger partial charge in [0.1, 0.15) is 17.6 Å². The minimum absolute atomic E-state index is 0.275. The summed E-state index contributed by atoms with van der Waals surface area (Å²) in [5.41, 5.74) is 0. The first kappa shape index (κ1) is 19.3. The molecular formula is C22H31N3O2. The average Bonchev–Trinajstić information content (AvgIpc) is 3.22. The van der Waals surface area contributed by atoms with Gasteiger partial charge in [-0.25, -0.2) is 0 Å². The summed E-state index contributed by atoms with van der Waals surface area (Å²) in [7, 11) is 0. The minimum atomic E-state index is 0.275. The number of para-hydroxylation sites is 1. The normalized spacial score (nSPS) is 17.0. The predicted molar refractivity (Wildman–Crippen MR) is 109 cm³/mol. The van der Waals surface area contributed by atoms with Crippen molar-refractivity contribution in [2.45, 2.75) is 51.7 Å². The van der Waals surface area contributed by atoms with E-state index in [9.17, 15) is 0 Å². The van der Waals surface area contributed by atoms with Gasteiger partial charge in [-0.1, -0.05) is 25.1 Å². The van der Waals surface area contributed by atoms with Gasteiger partial charge < -0.3 is 19.4 Å². The molecule has 1 aromatic carbocycles. The van der Waals surface area contributed by atoms with Crippen LogP contribution in [0.25, 0.3) is 0 Å². The van der Waals surface area contributed by atoms with E-state index in [1.165, 1.54) is 0 Å². The van der Waals surface area contributed by atoms with Crippen LogP contribution in [0.3, 0.4) is 0 Å². The van der Waals surface area contributed by atoms with Crippen molar-refractivity contribution >= 4 is 5.96 Å². The maximum Gasteiger partial charge on any atom is 0.194 e. The second-order valence-electron chi connectivity index (χ2n) is 7.11. The molecule has 1 aromatic heterocycles. The van der Waals surface area contributed by atoms with Crippen LogP contribution in [0.5, 0.6) is 5.75 Å². The molecule has 27 heavy (non-hydrogen) atoms. The number of piperidine rings is 1. The summed E-state index contributed by atoms with van der Waals surface area (Å²) in [6, 6.07) is 14.4. The largest absolute Gasteiger partial charge is 0.490 e. The van der Waals surface area contributed by atoms with Crippen molar-refractivity contribution in [1.82, 2.24) is 10.2 Å². The Balaban J connectivity index is 1.54. The third-order valence-corrected chi connectivity index (χ3v) is 4.98. The number of furan rings is 1. The Morgan fingerprint density at radius 3 is 2.67 bits per heavy atom. The quantitative estimate of drug-likeness (QED) is 0.589. The van der Waals surface area contributed by atoms with Crippen LogP contribution in [0.15, 0.2) is 58.1 Å². The molecule has 5 nitrogen and oxygen atoms in total. The monoisotopic (exact) mass is 369 g/mol. The van der Waals surface area contributed by atoms with Crippen molar-refractivity contribution < 1.29 is 9.15 Å². The zero-order valence-electron chi connectivity index (χ0n) is 16.4. The van der Waals surface area contributed by atoms with Gasteiger partial charge in [-0.2, -0.15) is 0 Å². The van der Waals surface area contributed by atoms with Gasteiger partial charge >= 0.3 is 0 Å². The number of rotatable bonds is 7. The lowest BCUT2D eigenvalue weighted by Gasteiger charge is -2.35. The van der Waals surface area contributed by atoms with Gasteiger partial charge in [0, 0.05) is 44.9 Å². The van der Waals surface area contributed by atoms with Crippen LogP contribution in [0.2, 0.25) is 0 Å². The summed E-state index contributed by atoms with van der Waals surface area (Å²) < 4.78 is 11.5. The third-order valence-electron chi connectivity index (χ3n) is 4.98. The van der Waals surface area contributed by atoms with Gasteiger partial charge in [0.05, 0.1) is 6.26 Å². The van der Waals surface area contributed by atoms with E-state index in [1.54, 1.807) is 6.26 Å². The van der Waals surface area contributed by atoms with E-state index in [1.807, 2.05) is 42.5 Å². The molecule has 1 unspecified atom stereocenters. The van der Waals surface area contributed by atoms with E-state index in [4.69, 9.17) is 14.1 Å². The van der Waals surface area contributed by atoms with Gasteiger partial charge in [0.2, 0.25) is 0 Å². The second kappa shape index (κ2) is 10.0. The lowest BCUT2D eigenvalue weighted by atomic mass is 10.1. The van der Waals surface area contributed by atoms with E-state index in [-0.39, 0.29) is 6.10 Å². The highest BCUT2D eigenvalue weighted by Crippen LogP contribution is 2.19. The molecule has 1 saturated heterocycles. The molecule has 1 aliphatic rings. The zero-order valence-corrected chi connectivity index (χ0v) is 16.4. The molecule has 1 aliphatic heterocycles. The van der Waals surface area contributed by atoms with Crippen LogP contribution < -0.4 is 10.1 Å². The minimum Gasteiger partial charge on any atom is -0.490 e. The first-order valence-electron chi connectivity index (χ1n) is 10.0. The molecule has 0 amide bonds. The molecule has 0 saturated carbocycles. The van der Waals surface area contributed by atoms with E-state index >= 15 is 0 Å². The number of hydrogen-bond donors (Lipinski definition) is 1. The van der Waals surface area contributed by atoms with E-state index in [0.29, 0.717) is 6.04 Å². The fourth-order valence-corrected chi connectivity index (χ4v) is 3.16. The molecule has 0 bridgehead atoms. The van der Waals surface area contributed by atoms with Crippen LogP contribution in [-0.4, -0.2) is 42.6 Å². The number of hydrogen-bond acceptors (Lipinski definition) is 3. The average molecular weight is 370 g/mol. The Morgan fingerprint density at radius 2 is 2.00 bits per heavy atom. The first-order valence-corrected chi connectivity index (χ1v) is 10.0. The SMILES string of the molecule is CCC(C)NC(=NCCc1ccco1)N1CCC(Oc2ccccc2)CC1. The summed E-state index contributed by atoms with van der Waals surface area (Å²) in [6.45, 7) is 7.04. The Morgan fingerprint density at radius 1 is 1.22 bits per heavy atom. The number of aliphatic imine (C=N–C) groups is 1. The second-order valence-corrected chi connectivity index (χ2v) is 7.11. The highest BCUT2D eigenvalue weighted by Gasteiger charge is 2.23. The molecule has 1 atom stereocenters. The smallest absolute Gasteiger partial charge is 0.194 e. The van der Waals surface area contributed by atoms with Crippen LogP contribution >= 0.6 is 0 Å². The molecule has 3 rings (SSSR count). The van der Waals surface area contributed by atoms with E-state index in [2.05, 4.69) is 24.1 Å². The number of benzene rings is 1. The lowest BCUT2D eigenvalue weighted by molar-refractivity contribution is 0.129.